The van der Waals surface area contributed by atoms with Gasteiger partial charge in [0.2, 0.25) is 11.8 Å². The monoisotopic (exact) mass is 525 g/mol. The first-order valence-electron chi connectivity index (χ1n) is 11.0. The van der Waals surface area contributed by atoms with Crippen LogP contribution in [0.4, 0.5) is 18.9 Å². The van der Waals surface area contributed by atoms with Gasteiger partial charge in [0.15, 0.2) is 0 Å². The van der Waals surface area contributed by atoms with Gasteiger partial charge in [0.25, 0.3) is 0 Å². The van der Waals surface area contributed by atoms with Crippen LogP contribution < -0.4 is 14.4 Å². The second-order valence-corrected chi connectivity index (χ2v) is 8.76. The third kappa shape index (κ3) is 4.60. The smallest absolute Gasteiger partial charge is 0.496 e. The summed E-state index contributed by atoms with van der Waals surface area (Å²) in [5.74, 6) is -1.15. The van der Waals surface area contributed by atoms with E-state index in [9.17, 15) is 22.8 Å². The Bertz CT molecular complexity index is 1340. The number of carbonyl (C=O) groups is 2. The SMILES string of the molecule is COCC(C)n1cc(Cl)c2nc(-c3ccc(OC(F)(F)F)cc3OC)c(C)c(N3C(=O)CCC3=O)c21. The Morgan fingerprint density at radius 3 is 2.42 bits per heavy atom. The van der Waals surface area contributed by atoms with E-state index in [1.807, 2.05) is 6.92 Å². The number of amides is 2. The highest BCUT2D eigenvalue weighted by atomic mass is 35.5. The molecule has 1 unspecified atom stereocenters. The van der Waals surface area contributed by atoms with Gasteiger partial charge in [-0.1, -0.05) is 11.6 Å². The van der Waals surface area contributed by atoms with Crippen molar-refractivity contribution in [3.8, 4) is 22.8 Å². The number of alkyl halides is 3. The maximum absolute atomic E-state index is 12.8. The highest BCUT2D eigenvalue weighted by Gasteiger charge is 2.36. The zero-order valence-electron chi connectivity index (χ0n) is 19.9. The Morgan fingerprint density at radius 2 is 1.83 bits per heavy atom. The zero-order valence-corrected chi connectivity index (χ0v) is 20.7. The Morgan fingerprint density at radius 1 is 1.17 bits per heavy atom. The van der Waals surface area contributed by atoms with Crippen molar-refractivity contribution in [2.75, 3.05) is 25.7 Å². The molecule has 0 aliphatic carbocycles. The molecule has 4 rings (SSSR count). The van der Waals surface area contributed by atoms with Crippen molar-refractivity contribution in [1.82, 2.24) is 9.55 Å². The summed E-state index contributed by atoms with van der Waals surface area (Å²) in [4.78, 5) is 31.5. The second-order valence-electron chi connectivity index (χ2n) is 8.35. The zero-order chi connectivity index (χ0) is 26.4. The Balaban J connectivity index is 2.01. The van der Waals surface area contributed by atoms with Crippen LogP contribution in [0.15, 0.2) is 24.4 Å². The van der Waals surface area contributed by atoms with Gasteiger partial charge in [-0.15, -0.1) is 13.2 Å². The molecule has 1 fully saturated rings. The molecule has 1 aromatic carbocycles. The largest absolute Gasteiger partial charge is 0.573 e. The molecule has 1 atom stereocenters. The Hall–Kier alpha value is -3.31. The molecule has 12 heteroatoms. The molecule has 1 saturated heterocycles. The number of imide groups is 1. The van der Waals surface area contributed by atoms with Crippen molar-refractivity contribution in [3.63, 3.8) is 0 Å². The van der Waals surface area contributed by atoms with Crippen LogP contribution in [0.1, 0.15) is 31.4 Å². The average molecular weight is 526 g/mol. The van der Waals surface area contributed by atoms with E-state index in [0.29, 0.717) is 40.1 Å². The minimum absolute atomic E-state index is 0.0556. The lowest BCUT2D eigenvalue weighted by Crippen LogP contribution is -2.30. The summed E-state index contributed by atoms with van der Waals surface area (Å²) in [6.45, 7) is 3.90. The summed E-state index contributed by atoms with van der Waals surface area (Å²) >= 11 is 6.57. The standard InChI is InChI=1S/C24H23ClF3N3O5/c1-12(11-34-3)30-10-16(25)21-23(30)22(31-18(32)7-8-19(31)33)13(2)20(29-21)15-6-5-14(9-17(15)35-4)36-24(26,27)28/h5-6,9-10,12H,7-8,11H2,1-4H3. The maximum atomic E-state index is 12.8. The normalized spacial score (nSPS) is 15.2. The number of aromatic nitrogens is 2. The summed E-state index contributed by atoms with van der Waals surface area (Å²) in [7, 11) is 2.85. The summed E-state index contributed by atoms with van der Waals surface area (Å²) in [5.41, 5.74) is 2.19. The van der Waals surface area contributed by atoms with Gasteiger partial charge in [-0.3, -0.25) is 9.59 Å². The lowest BCUT2D eigenvalue weighted by Gasteiger charge is -2.24. The number of rotatable bonds is 7. The van der Waals surface area contributed by atoms with Crippen LogP contribution in [-0.2, 0) is 14.3 Å². The lowest BCUT2D eigenvalue weighted by atomic mass is 10.0. The number of ether oxygens (including phenoxy) is 3. The molecule has 192 valence electrons. The lowest BCUT2D eigenvalue weighted by molar-refractivity contribution is -0.274. The molecule has 3 heterocycles. The van der Waals surface area contributed by atoms with Gasteiger partial charge in [-0.2, -0.15) is 0 Å². The van der Waals surface area contributed by atoms with Crippen molar-refractivity contribution < 1.29 is 37.0 Å². The Labute approximate surface area is 209 Å². The molecule has 36 heavy (non-hydrogen) atoms. The second kappa shape index (κ2) is 9.62. The van der Waals surface area contributed by atoms with E-state index in [1.54, 1.807) is 24.8 Å². The molecule has 1 aliphatic heterocycles. The van der Waals surface area contributed by atoms with Crippen molar-refractivity contribution >= 4 is 40.1 Å². The maximum Gasteiger partial charge on any atom is 0.573 e. The highest BCUT2D eigenvalue weighted by molar-refractivity contribution is 6.36. The first kappa shape index (κ1) is 25.8. The number of pyridine rings is 1. The molecule has 0 saturated carbocycles. The van der Waals surface area contributed by atoms with E-state index in [1.165, 1.54) is 13.2 Å². The van der Waals surface area contributed by atoms with Crippen molar-refractivity contribution in [2.24, 2.45) is 0 Å². The fraction of sp³-hybridized carbons (Fsp3) is 0.375. The fourth-order valence-corrected chi connectivity index (χ4v) is 4.64. The summed E-state index contributed by atoms with van der Waals surface area (Å²) in [6, 6.07) is 3.39. The molecular weight excluding hydrogens is 503 g/mol. The van der Waals surface area contributed by atoms with Gasteiger partial charge < -0.3 is 18.8 Å². The molecule has 8 nitrogen and oxygen atoms in total. The summed E-state index contributed by atoms with van der Waals surface area (Å²) in [5, 5.41) is 0.269. The highest BCUT2D eigenvalue weighted by Crippen LogP contribution is 2.44. The molecule has 0 bridgehead atoms. The van der Waals surface area contributed by atoms with Gasteiger partial charge in [0, 0.05) is 43.3 Å². The molecule has 0 spiro atoms. The number of nitrogens with zero attached hydrogens (tertiary/aromatic N) is 3. The third-order valence-electron chi connectivity index (χ3n) is 5.94. The van der Waals surface area contributed by atoms with Gasteiger partial charge in [0.05, 0.1) is 41.7 Å². The van der Waals surface area contributed by atoms with Crippen LogP contribution in [0, 0.1) is 6.92 Å². The first-order chi connectivity index (χ1) is 17.0. The molecule has 2 amide bonds. The quantitative estimate of drug-likeness (QED) is 0.382. The Kier molecular flexibility index (Phi) is 6.89. The van der Waals surface area contributed by atoms with Crippen molar-refractivity contribution in [3.05, 3.63) is 35.0 Å². The average Bonchev–Trinajstić information content (AvgIpc) is 3.31. The topological polar surface area (TPSA) is 82.9 Å². The van der Waals surface area contributed by atoms with Gasteiger partial charge in [0.1, 0.15) is 17.0 Å². The van der Waals surface area contributed by atoms with Crippen LogP contribution in [0.2, 0.25) is 5.02 Å². The van der Waals surface area contributed by atoms with E-state index in [2.05, 4.69) is 4.74 Å². The van der Waals surface area contributed by atoms with Crippen LogP contribution in [0.3, 0.4) is 0 Å². The van der Waals surface area contributed by atoms with Gasteiger partial charge >= 0.3 is 6.36 Å². The number of carbonyl (C=O) groups excluding carboxylic acids is 2. The molecule has 2 aromatic heterocycles. The van der Waals surface area contributed by atoms with E-state index >= 15 is 0 Å². The first-order valence-corrected chi connectivity index (χ1v) is 11.3. The number of fused-ring (bicyclic) bond motifs is 1. The van der Waals surface area contributed by atoms with Crippen LogP contribution in [0.25, 0.3) is 22.3 Å². The van der Waals surface area contributed by atoms with Crippen molar-refractivity contribution in [2.45, 2.75) is 39.1 Å². The minimum atomic E-state index is -4.88. The van der Waals surface area contributed by atoms with Gasteiger partial charge in [-0.25, -0.2) is 9.88 Å². The minimum Gasteiger partial charge on any atom is -0.496 e. The fourth-order valence-electron chi connectivity index (χ4n) is 4.40. The van der Waals surface area contributed by atoms with E-state index < -0.39 is 12.1 Å². The van der Waals surface area contributed by atoms with E-state index in [-0.39, 0.29) is 41.5 Å². The summed E-state index contributed by atoms with van der Waals surface area (Å²) < 4.78 is 54.6. The van der Waals surface area contributed by atoms with Crippen molar-refractivity contribution in [1.29, 1.82) is 0 Å². The number of hydrogen-bond acceptors (Lipinski definition) is 6. The number of benzene rings is 1. The predicted octanol–water partition coefficient (Wildman–Crippen LogP) is 5.43. The van der Waals surface area contributed by atoms with Crippen LogP contribution >= 0.6 is 11.6 Å². The molecule has 0 N–H and O–H groups in total. The van der Waals surface area contributed by atoms with Crippen LogP contribution in [-0.4, -0.2) is 48.6 Å². The molecule has 3 aromatic rings. The van der Waals surface area contributed by atoms with E-state index in [0.717, 1.165) is 17.0 Å². The van der Waals surface area contributed by atoms with E-state index in [4.69, 9.17) is 26.1 Å². The van der Waals surface area contributed by atoms with Gasteiger partial charge in [-0.05, 0) is 26.0 Å². The van der Waals surface area contributed by atoms with Crippen LogP contribution in [0.5, 0.6) is 11.5 Å². The molecule has 0 radical (unpaired) electrons. The molecule has 1 aliphatic rings. The summed E-state index contributed by atoms with van der Waals surface area (Å²) in [6.07, 6.45) is -3.10. The number of halogens is 4. The third-order valence-corrected chi connectivity index (χ3v) is 6.22. The molecular formula is C24H23ClF3N3O5. The number of methoxy groups -OCH3 is 2. The predicted molar refractivity (Wildman–Crippen MR) is 126 cm³/mol. The number of hydrogen-bond donors (Lipinski definition) is 0. The number of anilines is 1.